The predicted molar refractivity (Wildman–Crippen MR) is 59.8 cm³/mol. The normalized spacial score (nSPS) is 25.9. The van der Waals surface area contributed by atoms with Crippen molar-refractivity contribution in [3.63, 3.8) is 0 Å². The second kappa shape index (κ2) is 4.41. The van der Waals surface area contributed by atoms with Gasteiger partial charge in [-0.25, -0.2) is 0 Å². The van der Waals surface area contributed by atoms with Crippen molar-refractivity contribution in [1.29, 1.82) is 0 Å². The van der Waals surface area contributed by atoms with Crippen LogP contribution in [0.3, 0.4) is 0 Å². The Kier molecular flexibility index (Phi) is 3.57. The molecule has 0 saturated carbocycles. The number of carboxylic acid groups (broad SMARTS) is 1. The predicted octanol–water partition coefficient (Wildman–Crippen LogP) is 0.293. The molecule has 3 N–H and O–H groups in total. The Balaban J connectivity index is 2.78. The Morgan fingerprint density at radius 3 is 2.44 bits per heavy atom. The number of aliphatic carboxylic acids is 1. The summed E-state index contributed by atoms with van der Waals surface area (Å²) in [6.45, 7) is 6.15. The van der Waals surface area contributed by atoms with Gasteiger partial charge in [0.2, 0.25) is 5.91 Å². The fraction of sp³-hybridized carbons (Fsp3) is 0.818. The first-order valence-electron chi connectivity index (χ1n) is 5.55. The van der Waals surface area contributed by atoms with Crippen molar-refractivity contribution in [1.82, 2.24) is 4.90 Å². The van der Waals surface area contributed by atoms with Gasteiger partial charge < -0.3 is 15.7 Å². The molecule has 2 atom stereocenters. The highest BCUT2D eigenvalue weighted by molar-refractivity contribution is 5.84. The molecule has 0 aromatic heterocycles. The van der Waals surface area contributed by atoms with E-state index in [1.165, 1.54) is 0 Å². The average Bonchev–Trinajstić information content (AvgIpc) is 2.59. The fourth-order valence-electron chi connectivity index (χ4n) is 2.03. The van der Waals surface area contributed by atoms with Crippen molar-refractivity contribution in [2.75, 3.05) is 13.1 Å². The van der Waals surface area contributed by atoms with Crippen LogP contribution in [-0.2, 0) is 9.59 Å². The molecule has 0 aromatic rings. The molecule has 1 aliphatic rings. The van der Waals surface area contributed by atoms with E-state index in [-0.39, 0.29) is 18.5 Å². The Morgan fingerprint density at radius 1 is 1.50 bits per heavy atom. The largest absolute Gasteiger partial charge is 0.481 e. The lowest BCUT2D eigenvalue weighted by Gasteiger charge is -2.31. The van der Waals surface area contributed by atoms with E-state index in [1.807, 2.05) is 0 Å². The summed E-state index contributed by atoms with van der Waals surface area (Å²) in [4.78, 5) is 24.7. The Hall–Kier alpha value is -1.10. The van der Waals surface area contributed by atoms with Crippen LogP contribution in [0.25, 0.3) is 0 Å². The standard InChI is InChI=1S/C11H20N2O3/c1-7-8(9(14)15)4-5-13(7)10(16)11(2,3)6-12/h7-8H,4-6,12H2,1-3H3,(H,14,15). The highest BCUT2D eigenvalue weighted by atomic mass is 16.4. The van der Waals surface area contributed by atoms with Gasteiger partial charge in [0, 0.05) is 19.1 Å². The lowest BCUT2D eigenvalue weighted by molar-refractivity contribution is -0.145. The second-order valence-corrected chi connectivity index (χ2v) is 5.06. The van der Waals surface area contributed by atoms with E-state index in [4.69, 9.17) is 10.8 Å². The van der Waals surface area contributed by atoms with Crippen LogP contribution < -0.4 is 5.73 Å². The minimum Gasteiger partial charge on any atom is -0.481 e. The van der Waals surface area contributed by atoms with Crippen LogP contribution in [0.5, 0.6) is 0 Å². The molecule has 1 saturated heterocycles. The van der Waals surface area contributed by atoms with Crippen molar-refractivity contribution >= 4 is 11.9 Å². The minimum atomic E-state index is -0.826. The monoisotopic (exact) mass is 228 g/mol. The van der Waals surface area contributed by atoms with E-state index in [9.17, 15) is 9.59 Å². The van der Waals surface area contributed by atoms with Crippen molar-refractivity contribution < 1.29 is 14.7 Å². The Morgan fingerprint density at radius 2 is 2.06 bits per heavy atom. The molecule has 5 nitrogen and oxygen atoms in total. The molecule has 0 aromatic carbocycles. The molecule has 0 bridgehead atoms. The topological polar surface area (TPSA) is 83.6 Å². The van der Waals surface area contributed by atoms with Crippen LogP contribution in [0.4, 0.5) is 0 Å². The SMILES string of the molecule is CC1C(C(=O)O)CCN1C(=O)C(C)(C)CN. The van der Waals surface area contributed by atoms with E-state index in [2.05, 4.69) is 0 Å². The molecule has 1 rings (SSSR count). The number of carbonyl (C=O) groups is 2. The molecule has 92 valence electrons. The van der Waals surface area contributed by atoms with Gasteiger partial charge >= 0.3 is 5.97 Å². The smallest absolute Gasteiger partial charge is 0.308 e. The second-order valence-electron chi connectivity index (χ2n) is 5.06. The summed E-state index contributed by atoms with van der Waals surface area (Å²) in [6, 6.07) is -0.240. The van der Waals surface area contributed by atoms with Crippen molar-refractivity contribution in [2.24, 2.45) is 17.1 Å². The number of hydrogen-bond acceptors (Lipinski definition) is 3. The molecule has 1 amide bonds. The number of carbonyl (C=O) groups excluding carboxylic acids is 1. The zero-order valence-electron chi connectivity index (χ0n) is 10.1. The molecule has 0 radical (unpaired) electrons. The third kappa shape index (κ3) is 2.19. The zero-order valence-corrected chi connectivity index (χ0v) is 10.1. The molecule has 1 aliphatic heterocycles. The first-order chi connectivity index (χ1) is 7.31. The van der Waals surface area contributed by atoms with Crippen LogP contribution in [0.1, 0.15) is 27.2 Å². The molecule has 5 heteroatoms. The number of rotatable bonds is 3. The maximum Gasteiger partial charge on any atom is 0.308 e. The fourth-order valence-corrected chi connectivity index (χ4v) is 2.03. The summed E-state index contributed by atoms with van der Waals surface area (Å²) in [5.74, 6) is -1.32. The van der Waals surface area contributed by atoms with Gasteiger partial charge in [-0.3, -0.25) is 9.59 Å². The molecular formula is C11H20N2O3. The van der Waals surface area contributed by atoms with Gasteiger partial charge in [0.05, 0.1) is 11.3 Å². The maximum atomic E-state index is 12.1. The first kappa shape index (κ1) is 13.0. The van der Waals surface area contributed by atoms with E-state index in [1.54, 1.807) is 25.7 Å². The Bertz CT molecular complexity index is 302. The number of nitrogens with zero attached hydrogens (tertiary/aromatic N) is 1. The lowest BCUT2D eigenvalue weighted by atomic mass is 9.91. The van der Waals surface area contributed by atoms with Crippen LogP contribution in [0.15, 0.2) is 0 Å². The van der Waals surface area contributed by atoms with Crippen molar-refractivity contribution in [3.8, 4) is 0 Å². The van der Waals surface area contributed by atoms with Crippen molar-refractivity contribution in [3.05, 3.63) is 0 Å². The lowest BCUT2D eigenvalue weighted by Crippen LogP contribution is -2.47. The third-order valence-corrected chi connectivity index (χ3v) is 3.42. The summed E-state index contributed by atoms with van der Waals surface area (Å²) >= 11 is 0. The number of amides is 1. The number of likely N-dealkylation sites (tertiary alicyclic amines) is 1. The van der Waals surface area contributed by atoms with Gasteiger partial charge in [0.1, 0.15) is 0 Å². The summed E-state index contributed by atoms with van der Waals surface area (Å²) < 4.78 is 0. The van der Waals surface area contributed by atoms with Gasteiger partial charge in [0.15, 0.2) is 0 Å². The minimum absolute atomic E-state index is 0.0498. The van der Waals surface area contributed by atoms with Crippen LogP contribution in [-0.4, -0.2) is 41.0 Å². The highest BCUT2D eigenvalue weighted by Gasteiger charge is 2.42. The molecule has 0 spiro atoms. The molecule has 1 heterocycles. The van der Waals surface area contributed by atoms with Crippen molar-refractivity contribution in [2.45, 2.75) is 33.2 Å². The van der Waals surface area contributed by atoms with Crippen LogP contribution in [0, 0.1) is 11.3 Å². The summed E-state index contributed by atoms with van der Waals surface area (Å²) in [5, 5.41) is 8.98. The van der Waals surface area contributed by atoms with Crippen LogP contribution >= 0.6 is 0 Å². The van der Waals surface area contributed by atoms with E-state index in [0.29, 0.717) is 13.0 Å². The van der Waals surface area contributed by atoms with E-state index in [0.717, 1.165) is 0 Å². The molecule has 16 heavy (non-hydrogen) atoms. The van der Waals surface area contributed by atoms with E-state index >= 15 is 0 Å². The summed E-state index contributed by atoms with van der Waals surface area (Å²) in [5.41, 5.74) is 4.94. The molecule has 1 fully saturated rings. The summed E-state index contributed by atoms with van der Waals surface area (Å²) in [6.07, 6.45) is 0.531. The number of hydrogen-bond donors (Lipinski definition) is 2. The van der Waals surface area contributed by atoms with Gasteiger partial charge in [-0.1, -0.05) is 0 Å². The highest BCUT2D eigenvalue weighted by Crippen LogP contribution is 2.29. The van der Waals surface area contributed by atoms with Crippen LogP contribution in [0.2, 0.25) is 0 Å². The van der Waals surface area contributed by atoms with Gasteiger partial charge in [-0.2, -0.15) is 0 Å². The molecule has 0 aliphatic carbocycles. The zero-order chi connectivity index (χ0) is 12.5. The maximum absolute atomic E-state index is 12.1. The van der Waals surface area contributed by atoms with Gasteiger partial charge in [-0.05, 0) is 27.2 Å². The number of nitrogens with two attached hydrogens (primary N) is 1. The quantitative estimate of drug-likeness (QED) is 0.727. The first-order valence-corrected chi connectivity index (χ1v) is 5.55. The third-order valence-electron chi connectivity index (χ3n) is 3.42. The summed E-state index contributed by atoms with van der Waals surface area (Å²) in [7, 11) is 0. The molecular weight excluding hydrogens is 208 g/mol. The van der Waals surface area contributed by atoms with E-state index < -0.39 is 17.3 Å². The average molecular weight is 228 g/mol. The van der Waals surface area contributed by atoms with Gasteiger partial charge in [-0.15, -0.1) is 0 Å². The Labute approximate surface area is 95.6 Å². The molecule has 2 unspecified atom stereocenters. The number of carboxylic acids is 1. The van der Waals surface area contributed by atoms with Gasteiger partial charge in [0.25, 0.3) is 0 Å².